The Labute approximate surface area is 199 Å². The van der Waals surface area contributed by atoms with Gasteiger partial charge in [0.1, 0.15) is 0 Å². The average Bonchev–Trinajstić information content (AvgIpc) is 3.12. The maximum Gasteiger partial charge on any atom is 0.251 e. The number of morpholine rings is 1. The fraction of sp³-hybridized carbons (Fsp3) is 0.296. The first-order valence-electron chi connectivity index (χ1n) is 11.7. The molecule has 0 radical (unpaired) electrons. The van der Waals surface area contributed by atoms with E-state index in [9.17, 15) is 4.79 Å². The van der Waals surface area contributed by atoms with Crippen molar-refractivity contribution >= 4 is 23.0 Å². The van der Waals surface area contributed by atoms with Gasteiger partial charge in [-0.1, -0.05) is 18.2 Å². The molecule has 2 bridgehead atoms. The Kier molecular flexibility index (Phi) is 6.02. The van der Waals surface area contributed by atoms with E-state index in [-0.39, 0.29) is 11.9 Å². The maximum atomic E-state index is 12.9. The van der Waals surface area contributed by atoms with Gasteiger partial charge in [-0.2, -0.15) is 0 Å². The summed E-state index contributed by atoms with van der Waals surface area (Å²) in [6, 6.07) is 19.4. The Bertz CT molecular complexity index is 1180. The molecule has 1 amide bonds. The predicted molar refractivity (Wildman–Crippen MR) is 133 cm³/mol. The van der Waals surface area contributed by atoms with E-state index in [0.717, 1.165) is 43.0 Å². The summed E-state index contributed by atoms with van der Waals surface area (Å²) in [5.74, 6) is -0.231. The van der Waals surface area contributed by atoms with Crippen LogP contribution < -0.4 is 16.0 Å². The SMILES string of the molecule is C[C@H](NC(=O)c1ccc(N)c(C(=N)c2ccc(N3C4CC[C@@H]3COC4)cc2)c1)c1ccccn1. The van der Waals surface area contributed by atoms with Crippen LogP contribution >= 0.6 is 0 Å². The van der Waals surface area contributed by atoms with E-state index < -0.39 is 0 Å². The monoisotopic (exact) mass is 455 g/mol. The molecular formula is C27H29N5O2. The molecule has 1 unspecified atom stereocenters. The van der Waals surface area contributed by atoms with E-state index in [1.165, 1.54) is 0 Å². The van der Waals surface area contributed by atoms with Crippen molar-refractivity contribution in [3.63, 3.8) is 0 Å². The van der Waals surface area contributed by atoms with Crippen molar-refractivity contribution in [2.45, 2.75) is 37.9 Å². The molecule has 3 heterocycles. The number of hydrogen-bond acceptors (Lipinski definition) is 6. The standard InChI is InChI=1S/C27H29N5O2/c1-17(25-4-2-3-13-30-25)31-27(33)19-7-12-24(28)23(14-19)26(29)18-5-8-20(9-6-18)32-21-10-11-22(32)16-34-15-21/h2-9,12-14,17,21-22,29H,10-11,15-16,28H2,1H3,(H,31,33)/t17-,21+,22?/m0/s1. The molecule has 3 aromatic rings. The molecule has 34 heavy (non-hydrogen) atoms. The van der Waals surface area contributed by atoms with Crippen LogP contribution in [0.5, 0.6) is 0 Å². The molecule has 3 atom stereocenters. The molecule has 1 aromatic heterocycles. The molecule has 2 aliphatic rings. The maximum absolute atomic E-state index is 12.9. The van der Waals surface area contributed by atoms with E-state index in [1.54, 1.807) is 24.4 Å². The molecule has 2 aliphatic heterocycles. The Morgan fingerprint density at radius 2 is 1.79 bits per heavy atom. The highest BCUT2D eigenvalue weighted by molar-refractivity contribution is 6.15. The third-order valence-corrected chi connectivity index (χ3v) is 6.76. The molecule has 174 valence electrons. The number of rotatable bonds is 6. The number of ether oxygens (including phenoxy) is 1. The minimum absolute atomic E-state index is 0.231. The molecule has 4 N–H and O–H groups in total. The fourth-order valence-corrected chi connectivity index (χ4v) is 4.91. The van der Waals surface area contributed by atoms with Gasteiger partial charge in [-0.3, -0.25) is 15.2 Å². The second-order valence-electron chi connectivity index (χ2n) is 9.00. The molecule has 7 nitrogen and oxygen atoms in total. The van der Waals surface area contributed by atoms with E-state index in [4.69, 9.17) is 15.9 Å². The lowest BCUT2D eigenvalue weighted by Crippen LogP contribution is -2.45. The number of nitrogens with zero attached hydrogens (tertiary/aromatic N) is 2. The van der Waals surface area contributed by atoms with Gasteiger partial charge in [0.15, 0.2) is 0 Å². The number of fused-ring (bicyclic) bond motifs is 2. The molecule has 0 aliphatic carbocycles. The zero-order chi connectivity index (χ0) is 23.7. The van der Waals surface area contributed by atoms with Crippen LogP contribution in [0.25, 0.3) is 0 Å². The topological polar surface area (TPSA) is 104 Å². The number of nitrogens with one attached hydrogen (secondary N) is 2. The number of hydrogen-bond donors (Lipinski definition) is 3. The van der Waals surface area contributed by atoms with Crippen molar-refractivity contribution in [1.29, 1.82) is 5.41 Å². The number of aromatic nitrogens is 1. The molecule has 2 fully saturated rings. The largest absolute Gasteiger partial charge is 0.398 e. The third kappa shape index (κ3) is 4.26. The minimum atomic E-state index is -0.239. The highest BCUT2D eigenvalue weighted by Gasteiger charge is 2.37. The summed E-state index contributed by atoms with van der Waals surface area (Å²) in [4.78, 5) is 19.6. The first-order chi connectivity index (χ1) is 16.5. The van der Waals surface area contributed by atoms with E-state index >= 15 is 0 Å². The quantitative estimate of drug-likeness (QED) is 0.386. The summed E-state index contributed by atoms with van der Waals surface area (Å²) in [6.45, 7) is 3.44. The summed E-state index contributed by atoms with van der Waals surface area (Å²) >= 11 is 0. The Hall–Kier alpha value is -3.71. The summed E-state index contributed by atoms with van der Waals surface area (Å²) in [5, 5.41) is 11.7. The lowest BCUT2D eigenvalue weighted by molar-refractivity contribution is 0.0906. The van der Waals surface area contributed by atoms with Gasteiger partial charge in [-0.15, -0.1) is 0 Å². The van der Waals surface area contributed by atoms with Crippen LogP contribution in [0.15, 0.2) is 66.9 Å². The fourth-order valence-electron chi connectivity index (χ4n) is 4.91. The Morgan fingerprint density at radius 3 is 2.47 bits per heavy atom. The first kappa shape index (κ1) is 22.1. The number of carbonyl (C=O) groups excluding carboxylic acids is 1. The lowest BCUT2D eigenvalue weighted by atomic mass is 9.98. The third-order valence-electron chi connectivity index (χ3n) is 6.76. The van der Waals surface area contributed by atoms with E-state index in [0.29, 0.717) is 34.6 Å². The average molecular weight is 456 g/mol. The number of nitrogen functional groups attached to an aromatic ring is 1. The molecule has 2 aromatic carbocycles. The lowest BCUT2D eigenvalue weighted by Gasteiger charge is -2.36. The van der Waals surface area contributed by atoms with Gasteiger partial charge in [0.05, 0.1) is 42.7 Å². The molecular weight excluding hydrogens is 426 g/mol. The van der Waals surface area contributed by atoms with Crippen molar-refractivity contribution in [2.24, 2.45) is 0 Å². The van der Waals surface area contributed by atoms with Crippen molar-refractivity contribution in [3.8, 4) is 0 Å². The molecule has 7 heteroatoms. The van der Waals surface area contributed by atoms with Gasteiger partial charge < -0.3 is 20.7 Å². The van der Waals surface area contributed by atoms with E-state index in [1.807, 2.05) is 37.3 Å². The Balaban J connectivity index is 1.33. The number of nitrogens with two attached hydrogens (primary N) is 1. The summed E-state index contributed by atoms with van der Waals surface area (Å²) < 4.78 is 5.69. The smallest absolute Gasteiger partial charge is 0.251 e. The van der Waals surface area contributed by atoms with Crippen LogP contribution in [0, 0.1) is 5.41 Å². The summed E-state index contributed by atoms with van der Waals surface area (Å²) in [7, 11) is 0. The van der Waals surface area contributed by atoms with Crippen LogP contribution in [0.2, 0.25) is 0 Å². The summed E-state index contributed by atoms with van der Waals surface area (Å²) in [5.41, 5.74) is 10.7. The van der Waals surface area contributed by atoms with Crippen LogP contribution in [-0.2, 0) is 4.74 Å². The van der Waals surface area contributed by atoms with Crippen molar-refractivity contribution in [1.82, 2.24) is 10.3 Å². The van der Waals surface area contributed by atoms with Gasteiger partial charge in [0, 0.05) is 34.3 Å². The minimum Gasteiger partial charge on any atom is -0.398 e. The highest BCUT2D eigenvalue weighted by atomic mass is 16.5. The van der Waals surface area contributed by atoms with Gasteiger partial charge in [-0.25, -0.2) is 0 Å². The second kappa shape index (κ2) is 9.27. The second-order valence-corrected chi connectivity index (χ2v) is 9.00. The zero-order valence-electron chi connectivity index (χ0n) is 19.2. The number of carbonyl (C=O) groups is 1. The van der Waals surface area contributed by atoms with Gasteiger partial charge in [0.25, 0.3) is 5.91 Å². The van der Waals surface area contributed by atoms with Gasteiger partial charge in [-0.05, 0) is 62.2 Å². The summed E-state index contributed by atoms with van der Waals surface area (Å²) in [6.07, 6.45) is 4.02. The molecule has 5 rings (SSSR count). The van der Waals surface area contributed by atoms with E-state index in [2.05, 4.69) is 27.3 Å². The van der Waals surface area contributed by atoms with Crippen LogP contribution in [0.4, 0.5) is 11.4 Å². The number of anilines is 2. The van der Waals surface area contributed by atoms with Crippen LogP contribution in [0.1, 0.15) is 53.0 Å². The molecule has 0 saturated carbocycles. The number of pyridine rings is 1. The van der Waals surface area contributed by atoms with Gasteiger partial charge >= 0.3 is 0 Å². The highest BCUT2D eigenvalue weighted by Crippen LogP contribution is 2.34. The van der Waals surface area contributed by atoms with Gasteiger partial charge in [0.2, 0.25) is 0 Å². The van der Waals surface area contributed by atoms with Crippen molar-refractivity contribution < 1.29 is 9.53 Å². The predicted octanol–water partition coefficient (Wildman–Crippen LogP) is 3.94. The Morgan fingerprint density at radius 1 is 1.09 bits per heavy atom. The van der Waals surface area contributed by atoms with Crippen LogP contribution in [0.3, 0.4) is 0 Å². The van der Waals surface area contributed by atoms with Crippen LogP contribution in [-0.4, -0.2) is 41.9 Å². The van der Waals surface area contributed by atoms with Crippen molar-refractivity contribution in [3.05, 3.63) is 89.2 Å². The molecule has 2 saturated heterocycles. The normalized spacial score (nSPS) is 20.1. The van der Waals surface area contributed by atoms with Crippen molar-refractivity contribution in [2.75, 3.05) is 23.8 Å². The molecule has 0 spiro atoms. The first-order valence-corrected chi connectivity index (χ1v) is 11.7. The number of benzene rings is 2. The zero-order valence-corrected chi connectivity index (χ0v) is 19.2. The number of amides is 1.